The second-order valence-electron chi connectivity index (χ2n) is 4.07. The third-order valence-electron chi connectivity index (χ3n) is 2.85. The molecule has 1 fully saturated rings. The van der Waals surface area contributed by atoms with E-state index in [9.17, 15) is 20.0 Å². The zero-order chi connectivity index (χ0) is 14.2. The van der Waals surface area contributed by atoms with Gasteiger partial charge in [-0.2, -0.15) is 4.98 Å². The van der Waals surface area contributed by atoms with Crippen LogP contribution in [0.1, 0.15) is 12.6 Å². The first-order chi connectivity index (χ1) is 8.93. The molecule has 0 spiro atoms. The summed E-state index contributed by atoms with van der Waals surface area (Å²) < 4.78 is 6.11. The molecular weight excluding hydrogens is 260 g/mol. The van der Waals surface area contributed by atoms with E-state index in [2.05, 4.69) is 4.98 Å². The minimum Gasteiger partial charge on any atom is -0.394 e. The number of nitro groups is 1. The van der Waals surface area contributed by atoms with Crippen molar-refractivity contribution >= 4 is 11.5 Å². The van der Waals surface area contributed by atoms with Gasteiger partial charge in [-0.15, -0.1) is 0 Å². The van der Waals surface area contributed by atoms with Gasteiger partial charge in [0.1, 0.15) is 12.3 Å². The topological polar surface area (TPSA) is 154 Å². The van der Waals surface area contributed by atoms with Crippen LogP contribution in [-0.4, -0.2) is 43.5 Å². The lowest BCUT2D eigenvalue weighted by Gasteiger charge is -2.14. The number of aromatic nitrogens is 2. The largest absolute Gasteiger partial charge is 0.394 e. The molecule has 10 nitrogen and oxygen atoms in total. The summed E-state index contributed by atoms with van der Waals surface area (Å²) in [7, 11) is 0. The molecule has 4 N–H and O–H groups in total. The van der Waals surface area contributed by atoms with Crippen LogP contribution in [0.5, 0.6) is 0 Å². The Morgan fingerprint density at radius 3 is 2.89 bits per heavy atom. The first kappa shape index (κ1) is 13.4. The Morgan fingerprint density at radius 2 is 2.37 bits per heavy atom. The highest BCUT2D eigenvalue weighted by Crippen LogP contribution is 2.28. The van der Waals surface area contributed by atoms with Crippen molar-refractivity contribution < 1.29 is 19.9 Å². The minimum absolute atomic E-state index is 0.0217. The molecule has 1 aliphatic rings. The van der Waals surface area contributed by atoms with Crippen molar-refractivity contribution in [3.63, 3.8) is 0 Å². The lowest BCUT2D eigenvalue weighted by atomic mass is 10.2. The van der Waals surface area contributed by atoms with E-state index in [0.29, 0.717) is 0 Å². The van der Waals surface area contributed by atoms with Gasteiger partial charge in [0.15, 0.2) is 0 Å². The molecule has 0 saturated carbocycles. The van der Waals surface area contributed by atoms with E-state index in [1.165, 1.54) is 0 Å². The number of hydrogen-bond donors (Lipinski definition) is 3. The van der Waals surface area contributed by atoms with Crippen LogP contribution in [0.15, 0.2) is 11.0 Å². The molecule has 2 heterocycles. The summed E-state index contributed by atoms with van der Waals surface area (Å²) in [4.78, 5) is 24.9. The normalized spacial score (nSPS) is 26.5. The van der Waals surface area contributed by atoms with Crippen LogP contribution >= 0.6 is 0 Å². The Labute approximate surface area is 106 Å². The van der Waals surface area contributed by atoms with Crippen LogP contribution in [0.3, 0.4) is 0 Å². The predicted molar refractivity (Wildman–Crippen MR) is 61.2 cm³/mol. The summed E-state index contributed by atoms with van der Waals surface area (Å²) in [5.41, 5.74) is 3.93. The number of ether oxygens (including phenoxy) is 1. The molecule has 1 aromatic heterocycles. The molecule has 0 aromatic carbocycles. The van der Waals surface area contributed by atoms with Crippen LogP contribution in [0.25, 0.3) is 0 Å². The number of nitrogens with zero attached hydrogens (tertiary/aromatic N) is 3. The van der Waals surface area contributed by atoms with E-state index in [1.807, 2.05) is 0 Å². The van der Waals surface area contributed by atoms with Crippen molar-refractivity contribution in [3.05, 3.63) is 26.8 Å². The Morgan fingerprint density at radius 1 is 1.68 bits per heavy atom. The highest BCUT2D eigenvalue weighted by Gasteiger charge is 2.35. The fraction of sp³-hybridized carbons (Fsp3) is 0.556. The van der Waals surface area contributed by atoms with E-state index >= 15 is 0 Å². The SMILES string of the molecule is Nc1nc(=O)n([C@H]2C[C@H](O)[C@@H](CO)O2)cc1[N+](=O)[O-]. The van der Waals surface area contributed by atoms with Crippen molar-refractivity contribution in [2.24, 2.45) is 0 Å². The van der Waals surface area contributed by atoms with E-state index in [4.69, 9.17) is 15.6 Å². The molecule has 0 unspecified atom stereocenters. The number of hydrogen-bond acceptors (Lipinski definition) is 8. The molecule has 10 heteroatoms. The maximum absolute atomic E-state index is 11.6. The van der Waals surface area contributed by atoms with Crippen LogP contribution in [0.2, 0.25) is 0 Å². The maximum Gasteiger partial charge on any atom is 0.352 e. The molecule has 1 saturated heterocycles. The summed E-state index contributed by atoms with van der Waals surface area (Å²) >= 11 is 0. The summed E-state index contributed by atoms with van der Waals surface area (Å²) in [5.74, 6) is -0.483. The Bertz CT molecular complexity index is 558. The summed E-state index contributed by atoms with van der Waals surface area (Å²) in [6.45, 7) is -0.420. The molecule has 0 bridgehead atoms. The van der Waals surface area contributed by atoms with Crippen LogP contribution < -0.4 is 11.4 Å². The van der Waals surface area contributed by atoms with Gasteiger partial charge < -0.3 is 20.7 Å². The quantitative estimate of drug-likeness (QED) is 0.438. The molecule has 19 heavy (non-hydrogen) atoms. The van der Waals surface area contributed by atoms with Crippen LogP contribution in [-0.2, 0) is 4.74 Å². The number of rotatable bonds is 3. The van der Waals surface area contributed by atoms with E-state index in [0.717, 1.165) is 10.8 Å². The molecule has 0 amide bonds. The molecule has 1 aromatic rings. The lowest BCUT2D eigenvalue weighted by molar-refractivity contribution is -0.384. The van der Waals surface area contributed by atoms with Crippen molar-refractivity contribution in [1.29, 1.82) is 0 Å². The highest BCUT2D eigenvalue weighted by atomic mass is 16.6. The smallest absolute Gasteiger partial charge is 0.352 e. The predicted octanol–water partition coefficient (Wildman–Crippen LogP) is -1.63. The first-order valence-corrected chi connectivity index (χ1v) is 5.41. The van der Waals surface area contributed by atoms with Gasteiger partial charge in [0.25, 0.3) is 0 Å². The van der Waals surface area contributed by atoms with Crippen molar-refractivity contribution in [2.75, 3.05) is 12.3 Å². The Balaban J connectivity index is 2.38. The van der Waals surface area contributed by atoms with Gasteiger partial charge in [0.05, 0.1) is 23.8 Å². The molecule has 3 atom stereocenters. The van der Waals surface area contributed by atoms with Crippen LogP contribution in [0, 0.1) is 10.1 Å². The number of nitrogen functional groups attached to an aromatic ring is 1. The van der Waals surface area contributed by atoms with E-state index < -0.39 is 47.2 Å². The third-order valence-corrected chi connectivity index (χ3v) is 2.85. The van der Waals surface area contributed by atoms with Gasteiger partial charge in [0, 0.05) is 6.42 Å². The Kier molecular flexibility index (Phi) is 3.46. The van der Waals surface area contributed by atoms with Gasteiger partial charge in [-0.3, -0.25) is 14.7 Å². The van der Waals surface area contributed by atoms with E-state index in [1.54, 1.807) is 0 Å². The number of nitrogens with two attached hydrogens (primary N) is 1. The molecule has 104 valence electrons. The van der Waals surface area contributed by atoms with Crippen molar-refractivity contribution in [3.8, 4) is 0 Å². The zero-order valence-electron chi connectivity index (χ0n) is 9.67. The lowest BCUT2D eigenvalue weighted by Crippen LogP contribution is -2.28. The summed E-state index contributed by atoms with van der Waals surface area (Å²) in [5, 5.41) is 29.2. The molecule has 0 aliphatic carbocycles. The molecule has 1 aliphatic heterocycles. The number of aliphatic hydroxyl groups is 2. The second kappa shape index (κ2) is 4.91. The van der Waals surface area contributed by atoms with Crippen molar-refractivity contribution in [2.45, 2.75) is 24.9 Å². The van der Waals surface area contributed by atoms with E-state index in [-0.39, 0.29) is 6.42 Å². The first-order valence-electron chi connectivity index (χ1n) is 5.41. The average molecular weight is 272 g/mol. The Hall–Kier alpha value is -2.04. The second-order valence-corrected chi connectivity index (χ2v) is 4.07. The molecular formula is C9H12N4O6. The minimum atomic E-state index is -0.960. The van der Waals surface area contributed by atoms with Gasteiger partial charge in [-0.05, 0) is 0 Å². The standard InChI is InChI=1S/C9H12N4O6/c10-8-4(13(17)18)2-12(9(16)11-8)7-1-5(15)6(3-14)19-7/h2,5-7,14-15H,1,3H2,(H2,10,11,16)/t5-,6+,7+/m0/s1. The number of anilines is 1. The third kappa shape index (κ3) is 2.41. The van der Waals surface area contributed by atoms with Gasteiger partial charge in [0.2, 0.25) is 5.82 Å². The molecule has 2 rings (SSSR count). The summed E-state index contributed by atoms with van der Waals surface area (Å²) in [6.07, 6.45) is -1.78. The van der Waals surface area contributed by atoms with Gasteiger partial charge in [-0.1, -0.05) is 0 Å². The van der Waals surface area contributed by atoms with Gasteiger partial charge in [-0.25, -0.2) is 4.79 Å². The molecule has 0 radical (unpaired) electrons. The average Bonchev–Trinajstić information content (AvgIpc) is 2.69. The van der Waals surface area contributed by atoms with Gasteiger partial charge >= 0.3 is 11.4 Å². The fourth-order valence-corrected chi connectivity index (χ4v) is 1.87. The highest BCUT2D eigenvalue weighted by molar-refractivity contribution is 5.49. The monoisotopic (exact) mass is 272 g/mol. The number of aliphatic hydroxyl groups excluding tert-OH is 2. The maximum atomic E-state index is 11.6. The zero-order valence-corrected chi connectivity index (χ0v) is 9.67. The van der Waals surface area contributed by atoms with Crippen molar-refractivity contribution in [1.82, 2.24) is 9.55 Å². The fourth-order valence-electron chi connectivity index (χ4n) is 1.87. The summed E-state index contributed by atoms with van der Waals surface area (Å²) in [6, 6.07) is 0. The van der Waals surface area contributed by atoms with Crippen LogP contribution in [0.4, 0.5) is 11.5 Å².